The lowest BCUT2D eigenvalue weighted by molar-refractivity contribution is -0.140. The number of hydrogen-bond donors (Lipinski definition) is 1. The molecule has 0 unspecified atom stereocenters. The maximum Gasteiger partial charge on any atom is 0.244 e. The lowest BCUT2D eigenvalue weighted by Crippen LogP contribution is -2.54. The number of rotatable bonds is 8. The molecule has 1 N–H and O–H groups in total. The molecule has 9 heteroatoms. The summed E-state index contributed by atoms with van der Waals surface area (Å²) < 4.78 is 26.8. The van der Waals surface area contributed by atoms with Crippen LogP contribution in [0.2, 0.25) is 0 Å². The van der Waals surface area contributed by atoms with Crippen molar-refractivity contribution >= 4 is 43.5 Å². The van der Waals surface area contributed by atoms with E-state index in [1.54, 1.807) is 31.2 Å². The topological polar surface area (TPSA) is 86.8 Å². The van der Waals surface area contributed by atoms with E-state index in [1.165, 1.54) is 4.90 Å². The Hall–Kier alpha value is -2.39. The van der Waals surface area contributed by atoms with Crippen molar-refractivity contribution < 1.29 is 18.0 Å². The highest BCUT2D eigenvalue weighted by Gasteiger charge is 2.31. The van der Waals surface area contributed by atoms with Crippen molar-refractivity contribution in [3.05, 3.63) is 64.1 Å². The summed E-state index contributed by atoms with van der Waals surface area (Å²) in [7, 11) is -3.77. The molecule has 2 aromatic rings. The Balaban J connectivity index is 2.41. The molecule has 0 aliphatic rings. The van der Waals surface area contributed by atoms with Crippen LogP contribution in [0.1, 0.15) is 38.8 Å². The van der Waals surface area contributed by atoms with Gasteiger partial charge in [0.1, 0.15) is 12.6 Å². The predicted octanol–water partition coefficient (Wildman–Crippen LogP) is 3.86. The molecule has 180 valence electrons. The van der Waals surface area contributed by atoms with Crippen molar-refractivity contribution in [3.8, 4) is 0 Å². The Kier molecular flexibility index (Phi) is 8.70. The zero-order valence-electron chi connectivity index (χ0n) is 19.9. The van der Waals surface area contributed by atoms with Gasteiger partial charge in [-0.15, -0.1) is 0 Å². The molecule has 2 amide bonds. The number of halogens is 1. The van der Waals surface area contributed by atoms with Gasteiger partial charge in [0, 0.05) is 16.6 Å². The number of amides is 2. The van der Waals surface area contributed by atoms with Crippen LogP contribution in [0.5, 0.6) is 0 Å². The summed E-state index contributed by atoms with van der Waals surface area (Å²) in [6.07, 6.45) is 1.06. The lowest BCUT2D eigenvalue weighted by Gasteiger charge is -2.33. The first-order valence-corrected chi connectivity index (χ1v) is 13.2. The van der Waals surface area contributed by atoms with Gasteiger partial charge in [0.05, 0.1) is 11.9 Å². The average Bonchev–Trinajstić information content (AvgIpc) is 2.69. The second-order valence-corrected chi connectivity index (χ2v) is 11.9. The molecule has 0 fully saturated rings. The van der Waals surface area contributed by atoms with Gasteiger partial charge in [-0.05, 0) is 68.2 Å². The van der Waals surface area contributed by atoms with E-state index in [2.05, 4.69) is 21.2 Å². The van der Waals surface area contributed by atoms with Gasteiger partial charge in [-0.3, -0.25) is 13.9 Å². The first-order valence-electron chi connectivity index (χ1n) is 10.6. The SMILES string of the molecule is Cc1ccc(CN(C(=O)CN(c2ccccc2Br)S(C)(=O)=O)[C@@H](C)C(=O)NC(C)(C)C)cc1. The van der Waals surface area contributed by atoms with E-state index in [4.69, 9.17) is 0 Å². The molecule has 2 aromatic carbocycles. The molecule has 0 saturated heterocycles. The van der Waals surface area contributed by atoms with Crippen molar-refractivity contribution in [2.45, 2.75) is 52.7 Å². The fourth-order valence-corrected chi connectivity index (χ4v) is 4.67. The minimum Gasteiger partial charge on any atom is -0.350 e. The number of hydrogen-bond acceptors (Lipinski definition) is 4. The summed E-state index contributed by atoms with van der Waals surface area (Å²) in [6.45, 7) is 8.95. The minimum atomic E-state index is -3.77. The summed E-state index contributed by atoms with van der Waals surface area (Å²) in [5, 5.41) is 2.90. The van der Waals surface area contributed by atoms with E-state index in [-0.39, 0.29) is 12.5 Å². The molecule has 0 aromatic heterocycles. The number of aryl methyl sites for hydroxylation is 1. The normalized spacial score (nSPS) is 12.7. The molecule has 0 aliphatic heterocycles. The molecule has 2 rings (SSSR count). The zero-order chi connectivity index (χ0) is 25.0. The molecule has 0 aliphatic carbocycles. The van der Waals surface area contributed by atoms with E-state index < -0.39 is 34.1 Å². The fraction of sp³-hybridized carbons (Fsp3) is 0.417. The average molecular weight is 539 g/mol. The Morgan fingerprint density at radius 2 is 1.64 bits per heavy atom. The molecule has 0 bridgehead atoms. The van der Waals surface area contributed by atoms with E-state index in [0.717, 1.165) is 21.7 Å². The van der Waals surface area contributed by atoms with Crippen molar-refractivity contribution in [1.29, 1.82) is 0 Å². The summed E-state index contributed by atoms with van der Waals surface area (Å²) in [5.74, 6) is -0.789. The highest BCUT2D eigenvalue weighted by Crippen LogP contribution is 2.28. The summed E-state index contributed by atoms with van der Waals surface area (Å²) in [4.78, 5) is 27.8. The van der Waals surface area contributed by atoms with Crippen molar-refractivity contribution in [3.63, 3.8) is 0 Å². The number of nitrogens with zero attached hydrogens (tertiary/aromatic N) is 2. The van der Waals surface area contributed by atoms with E-state index in [1.807, 2.05) is 52.0 Å². The molecule has 7 nitrogen and oxygen atoms in total. The summed E-state index contributed by atoms with van der Waals surface area (Å²) in [5.41, 5.74) is 1.80. The zero-order valence-corrected chi connectivity index (χ0v) is 22.3. The van der Waals surface area contributed by atoms with Crippen LogP contribution in [0.25, 0.3) is 0 Å². The van der Waals surface area contributed by atoms with E-state index >= 15 is 0 Å². The maximum atomic E-state index is 13.5. The molecule has 0 spiro atoms. The smallest absolute Gasteiger partial charge is 0.244 e. The van der Waals surface area contributed by atoms with E-state index in [9.17, 15) is 18.0 Å². The molecule has 0 heterocycles. The first kappa shape index (κ1) is 26.9. The third-order valence-corrected chi connectivity index (χ3v) is 6.74. The van der Waals surface area contributed by atoms with Gasteiger partial charge in [-0.25, -0.2) is 8.42 Å². The van der Waals surface area contributed by atoms with Crippen LogP contribution in [-0.4, -0.2) is 49.5 Å². The Morgan fingerprint density at radius 1 is 1.06 bits per heavy atom. The van der Waals surface area contributed by atoms with Crippen LogP contribution < -0.4 is 9.62 Å². The number of anilines is 1. The van der Waals surface area contributed by atoms with Crippen molar-refractivity contribution in [2.24, 2.45) is 0 Å². The minimum absolute atomic E-state index is 0.172. The monoisotopic (exact) mass is 537 g/mol. The standard InChI is InChI=1S/C24H32BrN3O4S/c1-17-11-13-19(14-12-17)15-27(18(2)23(30)26-24(3,4)5)22(29)16-28(33(6,31)32)21-10-8-7-9-20(21)25/h7-14,18H,15-16H2,1-6H3,(H,26,30)/t18-/m0/s1. The third kappa shape index (κ3) is 7.85. The van der Waals surface area contributed by atoms with Crippen molar-refractivity contribution in [2.75, 3.05) is 17.1 Å². The Morgan fingerprint density at radius 3 is 2.15 bits per heavy atom. The summed E-state index contributed by atoms with van der Waals surface area (Å²) >= 11 is 3.37. The van der Waals surface area contributed by atoms with Gasteiger partial charge in [0.2, 0.25) is 21.8 Å². The molecule has 1 atom stereocenters. The van der Waals surface area contributed by atoms with E-state index in [0.29, 0.717) is 10.2 Å². The summed E-state index contributed by atoms with van der Waals surface area (Å²) in [6, 6.07) is 13.6. The highest BCUT2D eigenvalue weighted by atomic mass is 79.9. The number of carbonyl (C=O) groups excluding carboxylic acids is 2. The quantitative estimate of drug-likeness (QED) is 0.553. The van der Waals surface area contributed by atoms with Crippen LogP contribution in [0, 0.1) is 6.92 Å². The van der Waals surface area contributed by atoms with Gasteiger partial charge in [0.15, 0.2) is 0 Å². The molecular formula is C24H32BrN3O4S. The van der Waals surface area contributed by atoms with Crippen LogP contribution in [0.15, 0.2) is 53.0 Å². The van der Waals surface area contributed by atoms with Gasteiger partial charge in [0.25, 0.3) is 0 Å². The number of benzene rings is 2. The van der Waals surface area contributed by atoms with Gasteiger partial charge in [-0.1, -0.05) is 42.0 Å². The van der Waals surface area contributed by atoms with Gasteiger partial charge in [-0.2, -0.15) is 0 Å². The Labute approximate surface area is 205 Å². The molecular weight excluding hydrogens is 506 g/mol. The number of sulfonamides is 1. The lowest BCUT2D eigenvalue weighted by atomic mass is 10.1. The van der Waals surface area contributed by atoms with Gasteiger partial charge < -0.3 is 10.2 Å². The maximum absolute atomic E-state index is 13.5. The third-order valence-electron chi connectivity index (χ3n) is 4.94. The fourth-order valence-electron chi connectivity index (χ4n) is 3.20. The number of nitrogens with one attached hydrogen (secondary N) is 1. The van der Waals surface area contributed by atoms with Crippen LogP contribution in [0.3, 0.4) is 0 Å². The highest BCUT2D eigenvalue weighted by molar-refractivity contribution is 9.10. The molecule has 0 saturated carbocycles. The Bertz CT molecular complexity index is 1100. The largest absolute Gasteiger partial charge is 0.350 e. The predicted molar refractivity (Wildman–Crippen MR) is 135 cm³/mol. The molecule has 33 heavy (non-hydrogen) atoms. The number of carbonyl (C=O) groups is 2. The molecule has 0 radical (unpaired) electrons. The second-order valence-electron chi connectivity index (χ2n) is 9.14. The van der Waals surface area contributed by atoms with Gasteiger partial charge >= 0.3 is 0 Å². The van der Waals surface area contributed by atoms with Crippen LogP contribution in [0.4, 0.5) is 5.69 Å². The number of para-hydroxylation sites is 1. The first-order chi connectivity index (χ1) is 15.2. The van der Waals surface area contributed by atoms with Crippen molar-refractivity contribution in [1.82, 2.24) is 10.2 Å². The van der Waals surface area contributed by atoms with Crippen LogP contribution >= 0.6 is 15.9 Å². The second kappa shape index (κ2) is 10.7. The van der Waals surface area contributed by atoms with Crippen LogP contribution in [-0.2, 0) is 26.2 Å².